The average molecular weight is 403 g/mol. The normalized spacial score (nSPS) is 12.5. The second-order valence-electron chi connectivity index (χ2n) is 5.63. The van der Waals surface area contributed by atoms with Crippen LogP contribution in [0.3, 0.4) is 0 Å². The summed E-state index contributed by atoms with van der Waals surface area (Å²) in [6.45, 7) is 1.53. The molecular formula is C20H19F2N3O4. The van der Waals surface area contributed by atoms with Crippen molar-refractivity contribution in [1.29, 1.82) is 0 Å². The lowest BCUT2D eigenvalue weighted by molar-refractivity contribution is -0.102. The van der Waals surface area contributed by atoms with Gasteiger partial charge in [0.15, 0.2) is 6.29 Å². The minimum absolute atomic E-state index is 0.00372. The van der Waals surface area contributed by atoms with Gasteiger partial charge in [-0.2, -0.15) is 0 Å². The lowest BCUT2D eigenvalue weighted by Crippen LogP contribution is -2.15. The number of oxime groups is 3. The van der Waals surface area contributed by atoms with Crippen molar-refractivity contribution < 1.29 is 28.1 Å². The molecule has 0 N–H and O–H groups in total. The van der Waals surface area contributed by atoms with Gasteiger partial charge in [0.1, 0.15) is 49.6 Å². The fraction of sp³-hybridized carbons (Fsp3) is 0.200. The minimum atomic E-state index is -0.813. The largest absolute Gasteiger partial charge is 0.399 e. The summed E-state index contributed by atoms with van der Waals surface area (Å²) in [6, 6.07) is 9.99. The summed E-state index contributed by atoms with van der Waals surface area (Å²) in [4.78, 5) is 26.0. The van der Waals surface area contributed by atoms with Crippen LogP contribution in [0.2, 0.25) is 0 Å². The Kier molecular flexibility index (Phi) is 7.96. The summed E-state index contributed by atoms with van der Waals surface area (Å²) in [6.07, 6.45) is 0.567. The fourth-order valence-corrected chi connectivity index (χ4v) is 2.45. The molecule has 0 heterocycles. The van der Waals surface area contributed by atoms with Crippen molar-refractivity contribution in [1.82, 2.24) is 0 Å². The predicted octanol–water partition coefficient (Wildman–Crippen LogP) is 3.46. The first-order valence-corrected chi connectivity index (χ1v) is 8.39. The highest BCUT2D eigenvalue weighted by molar-refractivity contribution is 6.47. The van der Waals surface area contributed by atoms with Crippen LogP contribution < -0.4 is 0 Å². The molecule has 7 nitrogen and oxygen atoms in total. The Morgan fingerprint density at radius 2 is 1.72 bits per heavy atom. The molecule has 0 radical (unpaired) electrons. The van der Waals surface area contributed by atoms with E-state index in [1.165, 1.54) is 27.2 Å². The van der Waals surface area contributed by atoms with Gasteiger partial charge in [0, 0.05) is 22.8 Å². The number of carbonyl (C=O) groups excluding carboxylic acids is 1. The van der Waals surface area contributed by atoms with Crippen LogP contribution in [0.1, 0.15) is 23.6 Å². The molecule has 0 saturated heterocycles. The molecular weight excluding hydrogens is 384 g/mol. The van der Waals surface area contributed by atoms with Crippen LogP contribution in [0.4, 0.5) is 8.78 Å². The van der Waals surface area contributed by atoms with Gasteiger partial charge < -0.3 is 14.5 Å². The van der Waals surface area contributed by atoms with Gasteiger partial charge in [-0.15, -0.1) is 0 Å². The second kappa shape index (κ2) is 10.6. The molecule has 2 aromatic carbocycles. The van der Waals surface area contributed by atoms with E-state index in [1.807, 2.05) is 0 Å². The molecule has 2 aromatic rings. The summed E-state index contributed by atoms with van der Waals surface area (Å²) in [5, 5.41) is 11.4. The lowest BCUT2D eigenvalue weighted by Gasteiger charge is -2.09. The van der Waals surface area contributed by atoms with Crippen molar-refractivity contribution in [3.05, 3.63) is 70.8 Å². The monoisotopic (exact) mass is 403 g/mol. The number of benzene rings is 2. The van der Waals surface area contributed by atoms with Crippen LogP contribution in [0.15, 0.2) is 57.9 Å². The molecule has 2 rings (SSSR count). The fourth-order valence-electron chi connectivity index (χ4n) is 2.45. The van der Waals surface area contributed by atoms with E-state index in [-0.39, 0.29) is 29.3 Å². The molecule has 0 saturated carbocycles. The van der Waals surface area contributed by atoms with E-state index in [1.54, 1.807) is 24.3 Å². The molecule has 0 fully saturated rings. The Bertz CT molecular complexity index is 958. The van der Waals surface area contributed by atoms with Crippen LogP contribution in [0, 0.1) is 11.6 Å². The molecule has 0 unspecified atom stereocenters. The molecule has 0 bridgehead atoms. The standard InChI is InChI=1S/C20H19F2N3O4/c1-13(20(25-28-3)17-9-8-15(21)10-18(17)22)23-29-12-14-6-4-5-7-16(14)19(11-26)24-27-2/h4-11H,12H2,1-3H3/b23-13+,24-19-,25-20-. The Hall–Kier alpha value is -3.62. The molecule has 9 heteroatoms. The van der Waals surface area contributed by atoms with Crippen LogP contribution >= 0.6 is 0 Å². The van der Waals surface area contributed by atoms with Gasteiger partial charge in [0.05, 0.1) is 0 Å². The van der Waals surface area contributed by atoms with E-state index in [0.29, 0.717) is 17.4 Å². The Morgan fingerprint density at radius 1 is 1.00 bits per heavy atom. The first-order valence-electron chi connectivity index (χ1n) is 8.39. The maximum Gasteiger partial charge on any atom is 0.172 e. The van der Waals surface area contributed by atoms with Crippen molar-refractivity contribution in [2.75, 3.05) is 14.2 Å². The van der Waals surface area contributed by atoms with Crippen molar-refractivity contribution in [2.45, 2.75) is 13.5 Å². The molecule has 0 spiro atoms. The number of nitrogens with zero attached hydrogens (tertiary/aromatic N) is 3. The van der Waals surface area contributed by atoms with Crippen molar-refractivity contribution >= 4 is 23.4 Å². The molecule has 0 aliphatic heterocycles. The van der Waals surface area contributed by atoms with Crippen LogP contribution in [0.25, 0.3) is 0 Å². The van der Waals surface area contributed by atoms with Gasteiger partial charge in [-0.05, 0) is 19.1 Å². The van der Waals surface area contributed by atoms with E-state index in [4.69, 9.17) is 9.68 Å². The van der Waals surface area contributed by atoms with Crippen LogP contribution in [-0.2, 0) is 25.9 Å². The van der Waals surface area contributed by atoms with Gasteiger partial charge in [-0.25, -0.2) is 8.78 Å². The third kappa shape index (κ3) is 5.68. The first-order chi connectivity index (χ1) is 14.0. The lowest BCUT2D eigenvalue weighted by atomic mass is 10.0. The number of hydrogen-bond acceptors (Lipinski definition) is 7. The molecule has 0 atom stereocenters. The number of hydrogen-bond donors (Lipinski definition) is 0. The smallest absolute Gasteiger partial charge is 0.172 e. The Balaban J connectivity index is 2.24. The summed E-state index contributed by atoms with van der Waals surface area (Å²) in [7, 11) is 2.63. The summed E-state index contributed by atoms with van der Waals surface area (Å²) in [5.41, 5.74) is 1.51. The quantitative estimate of drug-likeness (QED) is 0.365. The van der Waals surface area contributed by atoms with Crippen LogP contribution in [-0.4, -0.2) is 37.6 Å². The molecule has 0 aliphatic rings. The molecule has 29 heavy (non-hydrogen) atoms. The van der Waals surface area contributed by atoms with Gasteiger partial charge >= 0.3 is 0 Å². The second-order valence-corrected chi connectivity index (χ2v) is 5.63. The third-order valence-corrected chi connectivity index (χ3v) is 3.73. The van der Waals surface area contributed by atoms with E-state index in [2.05, 4.69) is 20.3 Å². The summed E-state index contributed by atoms with van der Waals surface area (Å²) >= 11 is 0. The molecule has 0 aliphatic carbocycles. The van der Waals surface area contributed by atoms with E-state index in [9.17, 15) is 13.6 Å². The van der Waals surface area contributed by atoms with Gasteiger partial charge in [-0.1, -0.05) is 39.7 Å². The number of halogens is 2. The van der Waals surface area contributed by atoms with E-state index < -0.39 is 11.6 Å². The topological polar surface area (TPSA) is 81.8 Å². The maximum absolute atomic E-state index is 14.1. The predicted molar refractivity (Wildman–Crippen MR) is 104 cm³/mol. The minimum Gasteiger partial charge on any atom is -0.399 e. The Labute approximate surface area is 166 Å². The van der Waals surface area contributed by atoms with Crippen LogP contribution in [0.5, 0.6) is 0 Å². The maximum atomic E-state index is 14.1. The number of carbonyl (C=O) groups is 1. The summed E-state index contributed by atoms with van der Waals surface area (Å²) in [5.74, 6) is -1.53. The van der Waals surface area contributed by atoms with E-state index in [0.717, 1.165) is 12.1 Å². The molecule has 0 aromatic heterocycles. The van der Waals surface area contributed by atoms with Crippen molar-refractivity contribution in [3.8, 4) is 0 Å². The highest BCUT2D eigenvalue weighted by atomic mass is 19.1. The number of aldehydes is 1. The zero-order valence-electron chi connectivity index (χ0n) is 16.1. The highest BCUT2D eigenvalue weighted by Gasteiger charge is 2.16. The first kappa shape index (κ1) is 21.7. The summed E-state index contributed by atoms with van der Waals surface area (Å²) < 4.78 is 27.3. The SMILES string of the molecule is CO/N=C(/C(C)=N/OCc1ccccc1/C(C=O)=N\OC)c1ccc(F)cc1F. The zero-order chi connectivity index (χ0) is 21.2. The number of rotatable bonds is 9. The zero-order valence-corrected chi connectivity index (χ0v) is 16.1. The average Bonchev–Trinajstić information content (AvgIpc) is 2.71. The van der Waals surface area contributed by atoms with Gasteiger partial charge in [0.25, 0.3) is 0 Å². The van der Waals surface area contributed by atoms with Gasteiger partial charge in [-0.3, -0.25) is 4.79 Å². The van der Waals surface area contributed by atoms with Gasteiger partial charge in [0.2, 0.25) is 0 Å². The van der Waals surface area contributed by atoms with Crippen molar-refractivity contribution in [2.24, 2.45) is 15.5 Å². The highest BCUT2D eigenvalue weighted by Crippen LogP contribution is 2.14. The van der Waals surface area contributed by atoms with E-state index >= 15 is 0 Å². The molecule has 0 amide bonds. The third-order valence-electron chi connectivity index (χ3n) is 3.73. The van der Waals surface area contributed by atoms with Crippen molar-refractivity contribution in [3.63, 3.8) is 0 Å². The Morgan fingerprint density at radius 3 is 2.38 bits per heavy atom. The molecule has 152 valence electrons.